The predicted octanol–water partition coefficient (Wildman–Crippen LogP) is 5.14. The van der Waals surface area contributed by atoms with Crippen LogP contribution in [0.15, 0.2) is 80.8 Å². The molecule has 5 rings (SSSR count). The summed E-state index contributed by atoms with van der Waals surface area (Å²) in [7, 11) is 0. The Hall–Kier alpha value is -3.19. The fourth-order valence-corrected chi connectivity index (χ4v) is 4.97. The van der Waals surface area contributed by atoms with Gasteiger partial charge in [-0.05, 0) is 62.1 Å². The summed E-state index contributed by atoms with van der Waals surface area (Å²) in [6, 6.07) is 19.1. The molecule has 0 fully saturated rings. The molecular weight excluding hydrogens is 590 g/mol. The van der Waals surface area contributed by atoms with Crippen LogP contribution in [0.1, 0.15) is 44.3 Å². The van der Waals surface area contributed by atoms with Crippen molar-refractivity contribution in [1.29, 1.82) is 0 Å². The Bertz CT molecular complexity index is 1880. The van der Waals surface area contributed by atoms with Crippen LogP contribution in [0.3, 0.4) is 0 Å². The van der Waals surface area contributed by atoms with Crippen molar-refractivity contribution < 1.29 is 18.8 Å². The number of ether oxygens (including phenoxy) is 1. The number of H-pyrrole nitrogens is 1. The van der Waals surface area contributed by atoms with Gasteiger partial charge in [-0.3, -0.25) is 18.9 Å². The third kappa shape index (κ3) is 7.36. The Morgan fingerprint density at radius 3 is 2.32 bits per heavy atom. The third-order valence-electron chi connectivity index (χ3n) is 7.14. The van der Waals surface area contributed by atoms with Gasteiger partial charge >= 0.3 is 5.76 Å². The number of aliphatic hydroxyl groups excluding tert-OH is 1. The van der Waals surface area contributed by atoms with Crippen molar-refractivity contribution in [2.75, 3.05) is 6.61 Å². The number of hydrogen-bond acceptors (Lipinski definition) is 7. The monoisotopic (exact) mass is 623 g/mol. The molecule has 0 amide bonds. The molecule has 0 aliphatic rings. The van der Waals surface area contributed by atoms with E-state index in [9.17, 15) is 14.7 Å². The van der Waals surface area contributed by atoms with E-state index in [0.717, 1.165) is 6.42 Å². The average molecular weight is 624 g/mol. The fraction of sp³-hybridized carbons (Fsp3) is 0.273. The standard InChI is InChI=1S/C33H33FN4O5.K/c1-5-8-28-35-20(2)29(21-13-15-24(16-14-21)42-33(3,4)19-39)31(40)38(28)18-23-12-11-22(17-27(23)34)25-9-6-7-10-26(25)30-36-32(41)43-37-30;/h6-7,9-17,39H,5,8,18-19H2,1-4H3,(H,36,37,41);. The molecule has 5 aromatic rings. The zero-order valence-corrected chi connectivity index (χ0v) is 28.6. The maximum absolute atomic E-state index is 15.7. The van der Waals surface area contributed by atoms with Crippen molar-refractivity contribution in [3.8, 4) is 39.4 Å². The van der Waals surface area contributed by atoms with Gasteiger partial charge in [0, 0.05) is 68.9 Å². The molecule has 0 aliphatic carbocycles. The van der Waals surface area contributed by atoms with Crippen LogP contribution >= 0.6 is 0 Å². The summed E-state index contributed by atoms with van der Waals surface area (Å²) in [5.41, 5.74) is 2.85. The summed E-state index contributed by atoms with van der Waals surface area (Å²) in [4.78, 5) is 32.8. The Morgan fingerprint density at radius 2 is 1.70 bits per heavy atom. The minimum Gasteiger partial charge on any atom is -0.485 e. The van der Waals surface area contributed by atoms with Crippen molar-refractivity contribution in [3.63, 3.8) is 0 Å². The Labute approximate surface area is 296 Å². The average Bonchev–Trinajstić information content (AvgIpc) is 3.42. The molecule has 0 saturated heterocycles. The summed E-state index contributed by atoms with van der Waals surface area (Å²) in [6.07, 6.45) is 1.32. The second kappa shape index (κ2) is 14.3. The molecular formula is C33H33FKN4O5. The number of aryl methyl sites for hydroxylation is 2. The van der Waals surface area contributed by atoms with Crippen LogP contribution in [-0.4, -0.2) is 88.4 Å². The number of rotatable bonds is 10. The minimum atomic E-state index is -0.746. The van der Waals surface area contributed by atoms with Gasteiger partial charge < -0.3 is 9.84 Å². The molecule has 0 saturated carbocycles. The quantitative estimate of drug-likeness (QED) is 0.207. The van der Waals surface area contributed by atoms with E-state index in [1.54, 1.807) is 75.4 Å². The molecule has 0 unspecified atom stereocenters. The molecule has 44 heavy (non-hydrogen) atoms. The number of aromatic nitrogens is 4. The van der Waals surface area contributed by atoms with Crippen molar-refractivity contribution in [3.05, 3.63) is 111 Å². The first-order chi connectivity index (χ1) is 20.6. The number of halogens is 1. The van der Waals surface area contributed by atoms with Crippen LogP contribution < -0.4 is 16.1 Å². The second-order valence-corrected chi connectivity index (χ2v) is 11.0. The Balaban J connectivity index is 0.00000442. The third-order valence-corrected chi connectivity index (χ3v) is 7.14. The largest absolute Gasteiger partial charge is 0.485 e. The van der Waals surface area contributed by atoms with E-state index in [1.807, 2.05) is 13.0 Å². The molecule has 3 aromatic carbocycles. The van der Waals surface area contributed by atoms with E-state index < -0.39 is 17.2 Å². The fourth-order valence-electron chi connectivity index (χ4n) is 4.97. The number of aromatic amines is 1. The molecule has 0 spiro atoms. The smallest absolute Gasteiger partial charge is 0.439 e. The molecule has 2 heterocycles. The maximum Gasteiger partial charge on any atom is 0.439 e. The zero-order chi connectivity index (χ0) is 30.7. The van der Waals surface area contributed by atoms with Crippen LogP contribution in [0.25, 0.3) is 33.6 Å². The van der Waals surface area contributed by atoms with E-state index in [0.29, 0.717) is 57.1 Å². The topological polar surface area (TPSA) is 123 Å². The molecule has 0 bridgehead atoms. The normalized spacial score (nSPS) is 11.3. The van der Waals surface area contributed by atoms with Crippen LogP contribution in [0.5, 0.6) is 5.75 Å². The Morgan fingerprint density at radius 1 is 1.02 bits per heavy atom. The van der Waals surface area contributed by atoms with Gasteiger partial charge in [0.2, 0.25) is 0 Å². The minimum absolute atomic E-state index is 0. The van der Waals surface area contributed by atoms with Crippen LogP contribution in [0.4, 0.5) is 4.39 Å². The summed E-state index contributed by atoms with van der Waals surface area (Å²) in [5.74, 6) is 0.235. The van der Waals surface area contributed by atoms with Gasteiger partial charge in [0.15, 0.2) is 5.82 Å². The number of hydrogen-bond donors (Lipinski definition) is 2. The van der Waals surface area contributed by atoms with Gasteiger partial charge in [0.25, 0.3) is 5.56 Å². The number of aliphatic hydroxyl groups is 1. The molecule has 2 N–H and O–H groups in total. The van der Waals surface area contributed by atoms with Crippen LogP contribution in [0.2, 0.25) is 0 Å². The number of nitrogens with one attached hydrogen (secondary N) is 1. The van der Waals surface area contributed by atoms with Crippen molar-refractivity contribution >= 4 is 51.4 Å². The SMILES string of the molecule is CCCc1nc(C)c(-c2ccc(OC(C)(C)CO)cc2)c(=O)n1Cc1ccc(-c2ccccc2-c2noc(=O)[nH]2)cc1F.[K]. The van der Waals surface area contributed by atoms with Gasteiger partial charge in [-0.15, -0.1) is 0 Å². The van der Waals surface area contributed by atoms with E-state index in [-0.39, 0.29) is 75.9 Å². The molecule has 0 atom stereocenters. The molecule has 2 aromatic heterocycles. The predicted molar refractivity (Wildman–Crippen MR) is 167 cm³/mol. The first-order valence-corrected chi connectivity index (χ1v) is 14.0. The van der Waals surface area contributed by atoms with Gasteiger partial charge in [0.05, 0.1) is 24.4 Å². The van der Waals surface area contributed by atoms with Crippen molar-refractivity contribution in [2.45, 2.75) is 52.7 Å². The van der Waals surface area contributed by atoms with Crippen LogP contribution in [0, 0.1) is 12.7 Å². The summed E-state index contributed by atoms with van der Waals surface area (Å²) in [6.45, 7) is 7.22. The first kappa shape index (κ1) is 33.7. The van der Waals surface area contributed by atoms with Crippen molar-refractivity contribution in [1.82, 2.24) is 19.7 Å². The van der Waals surface area contributed by atoms with E-state index in [1.165, 1.54) is 10.6 Å². The molecule has 0 aliphatic heterocycles. The second-order valence-electron chi connectivity index (χ2n) is 11.0. The van der Waals surface area contributed by atoms with E-state index >= 15 is 4.39 Å². The molecule has 223 valence electrons. The van der Waals surface area contributed by atoms with Gasteiger partial charge in [-0.2, -0.15) is 0 Å². The number of benzene rings is 3. The van der Waals surface area contributed by atoms with Gasteiger partial charge in [-0.25, -0.2) is 14.2 Å². The zero-order valence-electron chi connectivity index (χ0n) is 25.5. The molecule has 9 nitrogen and oxygen atoms in total. The number of nitrogens with zero attached hydrogens (tertiary/aromatic N) is 3. The van der Waals surface area contributed by atoms with Crippen LogP contribution in [-0.2, 0) is 13.0 Å². The van der Waals surface area contributed by atoms with Crippen molar-refractivity contribution in [2.24, 2.45) is 0 Å². The molecule has 1 radical (unpaired) electrons. The summed E-state index contributed by atoms with van der Waals surface area (Å²) in [5, 5.41) is 13.3. The maximum atomic E-state index is 15.7. The van der Waals surface area contributed by atoms with Gasteiger partial charge in [0.1, 0.15) is 23.0 Å². The molecule has 11 heteroatoms. The van der Waals surface area contributed by atoms with Gasteiger partial charge in [-0.1, -0.05) is 60.6 Å². The Kier molecular flexibility index (Phi) is 10.9. The van der Waals surface area contributed by atoms with E-state index in [4.69, 9.17) is 9.72 Å². The summed E-state index contributed by atoms with van der Waals surface area (Å²) >= 11 is 0. The summed E-state index contributed by atoms with van der Waals surface area (Å²) < 4.78 is 27.7. The van der Waals surface area contributed by atoms with E-state index in [2.05, 4.69) is 14.7 Å². The first-order valence-electron chi connectivity index (χ1n) is 14.0.